The van der Waals surface area contributed by atoms with Crippen LogP contribution in [0.4, 0.5) is 5.82 Å². The first-order valence-corrected chi connectivity index (χ1v) is 5.72. The zero-order chi connectivity index (χ0) is 11.4. The van der Waals surface area contributed by atoms with Crippen molar-refractivity contribution in [2.45, 2.75) is 37.6 Å². The summed E-state index contributed by atoms with van der Waals surface area (Å²) < 4.78 is 0. The van der Waals surface area contributed by atoms with Gasteiger partial charge in [0.25, 0.3) is 0 Å². The van der Waals surface area contributed by atoms with Crippen LogP contribution in [0.15, 0.2) is 24.4 Å². The van der Waals surface area contributed by atoms with E-state index in [2.05, 4.69) is 10.3 Å². The Bertz CT molecular complexity index is 358. The molecule has 0 saturated heterocycles. The van der Waals surface area contributed by atoms with Crippen LogP contribution in [-0.2, 0) is 4.79 Å². The molecule has 1 aliphatic carbocycles. The topological polar surface area (TPSA) is 68.0 Å². The second-order valence-corrected chi connectivity index (χ2v) is 4.39. The maximum atomic E-state index is 12.0. The number of carbonyl (C=O) groups excluding carboxylic acids is 1. The normalized spacial score (nSPS) is 19.1. The maximum absolute atomic E-state index is 12.0. The van der Waals surface area contributed by atoms with Gasteiger partial charge in [-0.1, -0.05) is 25.3 Å². The maximum Gasteiger partial charge on any atom is 0.245 e. The van der Waals surface area contributed by atoms with Gasteiger partial charge in [-0.2, -0.15) is 0 Å². The van der Waals surface area contributed by atoms with E-state index < -0.39 is 5.54 Å². The molecule has 1 fully saturated rings. The summed E-state index contributed by atoms with van der Waals surface area (Å²) >= 11 is 0. The second-order valence-electron chi connectivity index (χ2n) is 4.39. The zero-order valence-corrected chi connectivity index (χ0v) is 9.28. The summed E-state index contributed by atoms with van der Waals surface area (Å²) in [6.45, 7) is 0. The Morgan fingerprint density at radius 1 is 1.31 bits per heavy atom. The first-order valence-electron chi connectivity index (χ1n) is 5.72. The van der Waals surface area contributed by atoms with Gasteiger partial charge in [-0.15, -0.1) is 0 Å². The molecule has 4 nitrogen and oxygen atoms in total. The SMILES string of the molecule is NC1(C(=O)Nc2ccccn2)CCCCC1. The summed E-state index contributed by atoms with van der Waals surface area (Å²) in [4.78, 5) is 16.1. The quantitative estimate of drug-likeness (QED) is 0.795. The van der Waals surface area contributed by atoms with Crippen molar-refractivity contribution in [3.05, 3.63) is 24.4 Å². The van der Waals surface area contributed by atoms with Gasteiger partial charge in [-0.25, -0.2) is 4.98 Å². The predicted molar refractivity (Wildman–Crippen MR) is 62.9 cm³/mol. The number of hydrogen-bond donors (Lipinski definition) is 2. The Kier molecular flexibility index (Phi) is 3.19. The molecule has 1 aromatic rings. The molecule has 1 heterocycles. The summed E-state index contributed by atoms with van der Waals surface area (Å²) in [7, 11) is 0. The van der Waals surface area contributed by atoms with Crippen molar-refractivity contribution in [1.29, 1.82) is 0 Å². The lowest BCUT2D eigenvalue weighted by Crippen LogP contribution is -2.52. The van der Waals surface area contributed by atoms with Crippen molar-refractivity contribution < 1.29 is 4.79 Å². The summed E-state index contributed by atoms with van der Waals surface area (Å²) in [5.41, 5.74) is 5.41. The van der Waals surface area contributed by atoms with Crippen LogP contribution in [0, 0.1) is 0 Å². The Balaban J connectivity index is 2.02. The van der Waals surface area contributed by atoms with Crippen molar-refractivity contribution in [2.24, 2.45) is 5.73 Å². The molecular formula is C12H17N3O. The van der Waals surface area contributed by atoms with E-state index >= 15 is 0 Å². The number of nitrogens with zero attached hydrogens (tertiary/aromatic N) is 1. The number of hydrogen-bond acceptors (Lipinski definition) is 3. The lowest BCUT2D eigenvalue weighted by Gasteiger charge is -2.31. The minimum Gasteiger partial charge on any atom is -0.317 e. The molecule has 1 saturated carbocycles. The number of aromatic nitrogens is 1. The lowest BCUT2D eigenvalue weighted by atomic mass is 9.82. The summed E-state index contributed by atoms with van der Waals surface area (Å²) in [6, 6.07) is 5.42. The van der Waals surface area contributed by atoms with Crippen molar-refractivity contribution >= 4 is 11.7 Å². The van der Waals surface area contributed by atoms with Crippen molar-refractivity contribution in [1.82, 2.24) is 4.98 Å². The molecule has 0 radical (unpaired) electrons. The molecule has 1 amide bonds. The molecule has 0 unspecified atom stereocenters. The molecule has 0 spiro atoms. The predicted octanol–water partition coefficient (Wildman–Crippen LogP) is 1.68. The fourth-order valence-electron chi connectivity index (χ4n) is 2.09. The van der Waals surface area contributed by atoms with Gasteiger partial charge in [-0.3, -0.25) is 4.79 Å². The van der Waals surface area contributed by atoms with Gasteiger partial charge in [-0.05, 0) is 25.0 Å². The summed E-state index contributed by atoms with van der Waals surface area (Å²) in [6.07, 6.45) is 6.44. The van der Waals surface area contributed by atoms with Crippen molar-refractivity contribution in [3.8, 4) is 0 Å². The zero-order valence-electron chi connectivity index (χ0n) is 9.28. The second kappa shape index (κ2) is 4.61. The number of anilines is 1. The van der Waals surface area contributed by atoms with E-state index in [0.29, 0.717) is 5.82 Å². The highest BCUT2D eigenvalue weighted by molar-refractivity contribution is 5.97. The first kappa shape index (κ1) is 11.1. The largest absolute Gasteiger partial charge is 0.317 e. The average molecular weight is 219 g/mol. The van der Waals surface area contributed by atoms with Crippen LogP contribution in [0.2, 0.25) is 0 Å². The van der Waals surface area contributed by atoms with Crippen molar-refractivity contribution in [2.75, 3.05) is 5.32 Å². The number of rotatable bonds is 2. The molecular weight excluding hydrogens is 202 g/mol. The van der Waals surface area contributed by atoms with Crippen LogP contribution >= 0.6 is 0 Å². The third-order valence-corrected chi connectivity index (χ3v) is 3.10. The monoisotopic (exact) mass is 219 g/mol. The molecule has 0 bridgehead atoms. The Labute approximate surface area is 95.3 Å². The first-order chi connectivity index (χ1) is 7.71. The molecule has 4 heteroatoms. The third kappa shape index (κ3) is 2.39. The fourth-order valence-corrected chi connectivity index (χ4v) is 2.09. The van der Waals surface area contributed by atoms with Gasteiger partial charge in [0.1, 0.15) is 5.82 Å². The Hall–Kier alpha value is -1.42. The average Bonchev–Trinajstić information content (AvgIpc) is 2.31. The molecule has 0 aromatic carbocycles. The van der Waals surface area contributed by atoms with E-state index in [9.17, 15) is 4.79 Å². The number of nitrogens with one attached hydrogen (secondary N) is 1. The highest BCUT2D eigenvalue weighted by Gasteiger charge is 2.35. The van der Waals surface area contributed by atoms with Gasteiger partial charge in [0.2, 0.25) is 5.91 Å². The highest BCUT2D eigenvalue weighted by Crippen LogP contribution is 2.26. The van der Waals surface area contributed by atoms with Gasteiger partial charge in [0.05, 0.1) is 5.54 Å². The third-order valence-electron chi connectivity index (χ3n) is 3.10. The number of amides is 1. The van der Waals surface area contributed by atoms with E-state index in [-0.39, 0.29) is 5.91 Å². The van der Waals surface area contributed by atoms with E-state index in [1.54, 1.807) is 12.3 Å². The van der Waals surface area contributed by atoms with Gasteiger partial charge < -0.3 is 11.1 Å². The van der Waals surface area contributed by atoms with Crippen molar-refractivity contribution in [3.63, 3.8) is 0 Å². The smallest absolute Gasteiger partial charge is 0.245 e. The molecule has 2 rings (SSSR count). The van der Waals surface area contributed by atoms with Gasteiger partial charge >= 0.3 is 0 Å². The standard InChI is InChI=1S/C12H17N3O/c13-12(7-3-1-4-8-12)11(16)15-10-6-2-5-9-14-10/h2,5-6,9H,1,3-4,7-8,13H2,(H,14,15,16). The molecule has 16 heavy (non-hydrogen) atoms. The van der Waals surface area contributed by atoms with Crippen LogP contribution in [0.5, 0.6) is 0 Å². The van der Waals surface area contributed by atoms with Crippen LogP contribution in [0.1, 0.15) is 32.1 Å². The van der Waals surface area contributed by atoms with E-state index in [1.807, 2.05) is 12.1 Å². The minimum absolute atomic E-state index is 0.106. The highest BCUT2D eigenvalue weighted by atomic mass is 16.2. The van der Waals surface area contributed by atoms with Crippen LogP contribution in [0.3, 0.4) is 0 Å². The molecule has 86 valence electrons. The number of pyridine rings is 1. The van der Waals surface area contributed by atoms with Crippen LogP contribution in [-0.4, -0.2) is 16.4 Å². The minimum atomic E-state index is -0.699. The van der Waals surface area contributed by atoms with E-state index in [4.69, 9.17) is 5.73 Å². The number of carbonyl (C=O) groups is 1. The Morgan fingerprint density at radius 3 is 2.69 bits per heavy atom. The van der Waals surface area contributed by atoms with Crippen LogP contribution < -0.4 is 11.1 Å². The van der Waals surface area contributed by atoms with E-state index in [0.717, 1.165) is 25.7 Å². The fraction of sp³-hybridized carbons (Fsp3) is 0.500. The molecule has 0 atom stereocenters. The van der Waals surface area contributed by atoms with Gasteiger partial charge in [0, 0.05) is 6.20 Å². The number of nitrogens with two attached hydrogens (primary N) is 1. The van der Waals surface area contributed by atoms with Gasteiger partial charge in [0.15, 0.2) is 0 Å². The Morgan fingerprint density at radius 2 is 2.06 bits per heavy atom. The molecule has 0 aliphatic heterocycles. The summed E-state index contributed by atoms with van der Waals surface area (Å²) in [5.74, 6) is 0.466. The molecule has 1 aliphatic rings. The summed E-state index contributed by atoms with van der Waals surface area (Å²) in [5, 5.41) is 2.78. The molecule has 1 aromatic heterocycles. The van der Waals surface area contributed by atoms with E-state index in [1.165, 1.54) is 6.42 Å². The van der Waals surface area contributed by atoms with Crippen LogP contribution in [0.25, 0.3) is 0 Å². The molecule has 3 N–H and O–H groups in total. The lowest BCUT2D eigenvalue weighted by molar-refractivity contribution is -0.122.